The van der Waals surface area contributed by atoms with E-state index in [0.29, 0.717) is 18.8 Å². The highest BCUT2D eigenvalue weighted by atomic mass is 32.1. The number of carbonyl (C=O) groups is 1. The van der Waals surface area contributed by atoms with E-state index in [1.165, 1.54) is 0 Å². The molecule has 22 heavy (non-hydrogen) atoms. The monoisotopic (exact) mass is 319 g/mol. The van der Waals surface area contributed by atoms with E-state index in [-0.39, 0.29) is 0 Å². The summed E-state index contributed by atoms with van der Waals surface area (Å²) >= 11 is 1.55. The number of nitrogens with zero attached hydrogens (tertiary/aromatic N) is 1. The standard InChI is InChI=1S/C16H17NO4S/c1-20-10-4-2-5-11(8-10)21-9-14-17-15-12(16(18)19)6-3-7-13(15)22-14/h2,4-5,8,12H,3,6-7,9H2,1H3,(H,18,19). The lowest BCUT2D eigenvalue weighted by Crippen LogP contribution is -2.17. The van der Waals surface area contributed by atoms with Gasteiger partial charge in [-0.1, -0.05) is 6.07 Å². The first kappa shape index (κ1) is 14.8. The molecule has 1 unspecified atom stereocenters. The minimum Gasteiger partial charge on any atom is -0.497 e. The third-order valence-electron chi connectivity index (χ3n) is 3.70. The van der Waals surface area contributed by atoms with Crippen LogP contribution in [0.3, 0.4) is 0 Å². The minimum absolute atomic E-state index is 0.344. The topological polar surface area (TPSA) is 68.7 Å². The van der Waals surface area contributed by atoms with Crippen LogP contribution in [0.5, 0.6) is 11.5 Å². The lowest BCUT2D eigenvalue weighted by molar-refractivity contribution is -0.139. The molecule has 1 aromatic heterocycles. The minimum atomic E-state index is -0.786. The van der Waals surface area contributed by atoms with Crippen molar-refractivity contribution in [3.05, 3.63) is 39.8 Å². The Kier molecular flexibility index (Phi) is 4.29. The van der Waals surface area contributed by atoms with Gasteiger partial charge >= 0.3 is 5.97 Å². The molecule has 0 aliphatic heterocycles. The van der Waals surface area contributed by atoms with Crippen LogP contribution in [0.4, 0.5) is 0 Å². The van der Waals surface area contributed by atoms with Crippen molar-refractivity contribution in [2.75, 3.05) is 7.11 Å². The van der Waals surface area contributed by atoms with E-state index in [2.05, 4.69) is 4.98 Å². The van der Waals surface area contributed by atoms with Gasteiger partial charge < -0.3 is 14.6 Å². The Labute approximate surface area is 132 Å². The number of benzene rings is 1. The zero-order valence-corrected chi connectivity index (χ0v) is 13.1. The summed E-state index contributed by atoms with van der Waals surface area (Å²) in [5, 5.41) is 10.1. The molecule has 1 aliphatic rings. The summed E-state index contributed by atoms with van der Waals surface area (Å²) < 4.78 is 10.9. The first-order valence-electron chi connectivity index (χ1n) is 7.15. The number of carboxylic acids is 1. The van der Waals surface area contributed by atoms with Crippen LogP contribution in [0.25, 0.3) is 0 Å². The summed E-state index contributed by atoms with van der Waals surface area (Å²) in [6.07, 6.45) is 2.49. The molecule has 116 valence electrons. The van der Waals surface area contributed by atoms with E-state index < -0.39 is 11.9 Å². The van der Waals surface area contributed by atoms with E-state index in [0.717, 1.165) is 34.2 Å². The fourth-order valence-corrected chi connectivity index (χ4v) is 3.69. The van der Waals surface area contributed by atoms with E-state index in [4.69, 9.17) is 9.47 Å². The molecule has 0 saturated carbocycles. The summed E-state index contributed by atoms with van der Waals surface area (Å²) in [6, 6.07) is 7.39. The van der Waals surface area contributed by atoms with Crippen molar-refractivity contribution >= 4 is 17.3 Å². The molecule has 0 amide bonds. The zero-order valence-electron chi connectivity index (χ0n) is 12.2. The highest BCUT2D eigenvalue weighted by Gasteiger charge is 2.29. The summed E-state index contributed by atoms with van der Waals surface area (Å²) in [7, 11) is 1.61. The average molecular weight is 319 g/mol. The van der Waals surface area contributed by atoms with Crippen molar-refractivity contribution in [3.63, 3.8) is 0 Å². The number of rotatable bonds is 5. The second-order valence-corrected chi connectivity index (χ2v) is 6.33. The molecule has 2 aromatic rings. The Balaban J connectivity index is 1.72. The number of hydrogen-bond acceptors (Lipinski definition) is 5. The van der Waals surface area contributed by atoms with Gasteiger partial charge in [0.15, 0.2) is 0 Å². The number of thiazole rings is 1. The molecule has 0 radical (unpaired) electrons. The van der Waals surface area contributed by atoms with Gasteiger partial charge in [-0.05, 0) is 31.4 Å². The van der Waals surface area contributed by atoms with Crippen molar-refractivity contribution in [1.29, 1.82) is 0 Å². The van der Waals surface area contributed by atoms with Gasteiger partial charge in [0.05, 0.1) is 18.7 Å². The largest absolute Gasteiger partial charge is 0.497 e. The molecule has 1 heterocycles. The van der Waals surface area contributed by atoms with Crippen molar-refractivity contribution in [2.24, 2.45) is 0 Å². The maximum Gasteiger partial charge on any atom is 0.312 e. The highest BCUT2D eigenvalue weighted by molar-refractivity contribution is 7.11. The van der Waals surface area contributed by atoms with Gasteiger partial charge in [-0.25, -0.2) is 4.98 Å². The third kappa shape index (κ3) is 3.06. The Morgan fingerprint density at radius 1 is 1.45 bits per heavy atom. The first-order chi connectivity index (χ1) is 10.7. The number of ether oxygens (including phenoxy) is 2. The number of methoxy groups -OCH3 is 1. The van der Waals surface area contributed by atoms with E-state index in [1.807, 2.05) is 24.3 Å². The summed E-state index contributed by atoms with van der Waals surface area (Å²) in [6.45, 7) is 0.344. The maximum atomic E-state index is 11.3. The third-order valence-corrected chi connectivity index (χ3v) is 4.80. The molecule has 0 spiro atoms. The predicted molar refractivity (Wildman–Crippen MR) is 82.8 cm³/mol. The molecule has 1 N–H and O–H groups in total. The molecular formula is C16H17NO4S. The van der Waals surface area contributed by atoms with Gasteiger partial charge in [0.1, 0.15) is 23.1 Å². The molecule has 0 saturated heterocycles. The number of fused-ring (bicyclic) bond motifs is 1. The zero-order chi connectivity index (χ0) is 15.5. The number of aryl methyl sites for hydroxylation is 1. The highest BCUT2D eigenvalue weighted by Crippen LogP contribution is 2.35. The van der Waals surface area contributed by atoms with Crippen LogP contribution in [0.2, 0.25) is 0 Å². The molecule has 1 atom stereocenters. The molecule has 0 bridgehead atoms. The average Bonchev–Trinajstić information content (AvgIpc) is 2.95. The summed E-state index contributed by atoms with van der Waals surface area (Å²) in [5.41, 5.74) is 0.730. The van der Waals surface area contributed by atoms with Crippen molar-refractivity contribution in [2.45, 2.75) is 31.8 Å². The number of aliphatic carboxylic acids is 1. The predicted octanol–water partition coefficient (Wildman–Crippen LogP) is 3.24. The molecule has 6 heteroatoms. The van der Waals surface area contributed by atoms with Crippen LogP contribution >= 0.6 is 11.3 Å². The number of carboxylic acid groups (broad SMARTS) is 1. The van der Waals surface area contributed by atoms with Crippen LogP contribution in [0, 0.1) is 0 Å². The maximum absolute atomic E-state index is 11.3. The van der Waals surface area contributed by atoms with Gasteiger partial charge in [-0.3, -0.25) is 4.79 Å². The van der Waals surface area contributed by atoms with E-state index in [1.54, 1.807) is 18.4 Å². The van der Waals surface area contributed by atoms with E-state index >= 15 is 0 Å². The second-order valence-electron chi connectivity index (χ2n) is 5.17. The first-order valence-corrected chi connectivity index (χ1v) is 7.97. The quantitative estimate of drug-likeness (QED) is 0.916. The van der Waals surface area contributed by atoms with Crippen LogP contribution in [-0.4, -0.2) is 23.2 Å². The van der Waals surface area contributed by atoms with Crippen LogP contribution in [0.15, 0.2) is 24.3 Å². The van der Waals surface area contributed by atoms with Gasteiger partial charge in [0.25, 0.3) is 0 Å². The molecule has 5 nitrogen and oxygen atoms in total. The molecule has 3 rings (SSSR count). The van der Waals surface area contributed by atoms with Crippen LogP contribution < -0.4 is 9.47 Å². The molecule has 1 aromatic carbocycles. The SMILES string of the molecule is COc1cccc(OCc2nc3c(s2)CCCC3C(=O)O)c1. The van der Waals surface area contributed by atoms with Crippen LogP contribution in [-0.2, 0) is 17.8 Å². The molecule has 0 fully saturated rings. The van der Waals surface area contributed by atoms with Crippen molar-refractivity contribution in [1.82, 2.24) is 4.98 Å². The lowest BCUT2D eigenvalue weighted by Gasteiger charge is -2.16. The lowest BCUT2D eigenvalue weighted by atomic mass is 9.91. The normalized spacial score (nSPS) is 16.9. The van der Waals surface area contributed by atoms with E-state index in [9.17, 15) is 9.90 Å². The molecular weight excluding hydrogens is 302 g/mol. The fourth-order valence-electron chi connectivity index (χ4n) is 2.61. The Hall–Kier alpha value is -2.08. The van der Waals surface area contributed by atoms with Gasteiger partial charge in [-0.2, -0.15) is 0 Å². The Bertz CT molecular complexity index is 683. The Morgan fingerprint density at radius 2 is 2.27 bits per heavy atom. The van der Waals surface area contributed by atoms with Crippen molar-refractivity contribution in [3.8, 4) is 11.5 Å². The van der Waals surface area contributed by atoms with Gasteiger partial charge in [-0.15, -0.1) is 11.3 Å². The summed E-state index contributed by atoms with van der Waals surface area (Å²) in [4.78, 5) is 16.9. The van der Waals surface area contributed by atoms with Gasteiger partial charge in [0, 0.05) is 10.9 Å². The smallest absolute Gasteiger partial charge is 0.312 e. The fraction of sp³-hybridized carbons (Fsp3) is 0.375. The summed E-state index contributed by atoms with van der Waals surface area (Å²) in [5.74, 6) is 0.196. The molecule has 1 aliphatic carbocycles. The van der Waals surface area contributed by atoms with Crippen molar-refractivity contribution < 1.29 is 19.4 Å². The number of aromatic nitrogens is 1. The second kappa shape index (κ2) is 6.36. The van der Waals surface area contributed by atoms with Gasteiger partial charge in [0.2, 0.25) is 0 Å². The number of hydrogen-bond donors (Lipinski definition) is 1. The Morgan fingerprint density at radius 3 is 3.05 bits per heavy atom. The van der Waals surface area contributed by atoms with Crippen LogP contribution in [0.1, 0.15) is 34.3 Å².